The summed E-state index contributed by atoms with van der Waals surface area (Å²) in [4.78, 5) is 25.0. The molecule has 1 aromatic heterocycles. The first kappa shape index (κ1) is 30.1. The molecule has 0 amide bonds. The molecule has 0 radical (unpaired) electrons. The summed E-state index contributed by atoms with van der Waals surface area (Å²) in [5.41, 5.74) is -6.17. The Morgan fingerprint density at radius 2 is 1.49 bits per heavy atom. The van der Waals surface area contributed by atoms with E-state index in [1.807, 2.05) is 0 Å². The van der Waals surface area contributed by atoms with Crippen LogP contribution in [0.3, 0.4) is 0 Å². The molecule has 41 heavy (non-hydrogen) atoms. The monoisotopic (exact) mass is 606 g/mol. The molecule has 17 heteroatoms. The largest absolute Gasteiger partial charge is 0.587 e. The maximum atomic E-state index is 15.3. The van der Waals surface area contributed by atoms with Crippen LogP contribution >= 0.6 is 7.82 Å². The zero-order valence-electron chi connectivity index (χ0n) is 21.2. The fourth-order valence-electron chi connectivity index (χ4n) is 3.80. The fourth-order valence-corrected chi connectivity index (χ4v) is 5.06. The number of rotatable bonds is 11. The normalized spacial score (nSPS) is 22.5. The number of H-pyrrole nitrogens is 1. The van der Waals surface area contributed by atoms with Crippen LogP contribution in [0.25, 0.3) is 0 Å². The Balaban J connectivity index is 1.65. The van der Waals surface area contributed by atoms with Crippen molar-refractivity contribution < 1.29 is 55.0 Å². The highest BCUT2D eigenvalue weighted by atomic mass is 31.2. The molecule has 1 aliphatic rings. The number of hydrogen-bond acceptors (Lipinski definition) is 10. The Hall–Kier alpha value is -3.85. The van der Waals surface area contributed by atoms with Gasteiger partial charge in [-0.15, -0.1) is 0 Å². The average molecular weight is 606 g/mol. The summed E-state index contributed by atoms with van der Waals surface area (Å²) in [5, 5.41) is 10.4. The molecule has 0 saturated carbocycles. The first-order valence-electron chi connectivity index (χ1n) is 11.6. The second-order valence-corrected chi connectivity index (χ2v) is 10.1. The number of aromatic nitrogens is 2. The van der Waals surface area contributed by atoms with Gasteiger partial charge in [0.2, 0.25) is 5.82 Å². The molecule has 2 heterocycles. The number of hydrogen-bond donors (Lipinski definition) is 2. The number of methoxy groups -OCH3 is 2. The van der Waals surface area contributed by atoms with Crippen LogP contribution in [0.2, 0.25) is 0 Å². The van der Waals surface area contributed by atoms with Gasteiger partial charge in [0, 0.05) is 0 Å². The minimum absolute atomic E-state index is 0.119. The first-order valence-corrected chi connectivity index (χ1v) is 13.1. The van der Waals surface area contributed by atoms with Crippen LogP contribution in [0.1, 0.15) is 6.23 Å². The average Bonchev–Trinajstić information content (AvgIpc) is 3.21. The van der Waals surface area contributed by atoms with E-state index in [1.54, 1.807) is 4.98 Å². The van der Waals surface area contributed by atoms with Crippen molar-refractivity contribution in [3.8, 4) is 23.0 Å². The predicted molar refractivity (Wildman–Crippen MR) is 132 cm³/mol. The third kappa shape index (κ3) is 6.25. The van der Waals surface area contributed by atoms with E-state index in [1.165, 1.54) is 62.8 Å². The maximum Gasteiger partial charge on any atom is 0.587 e. The van der Waals surface area contributed by atoms with Gasteiger partial charge in [0.25, 0.3) is 12.0 Å². The molecule has 1 saturated heterocycles. The van der Waals surface area contributed by atoms with Crippen molar-refractivity contribution in [3.05, 3.63) is 81.4 Å². The molecular weight excluding hydrogens is 583 g/mol. The van der Waals surface area contributed by atoms with Crippen molar-refractivity contribution in [2.45, 2.75) is 30.5 Å². The summed E-state index contributed by atoms with van der Waals surface area (Å²) in [6.07, 6.45) is -11.2. The summed E-state index contributed by atoms with van der Waals surface area (Å²) in [6, 6.07) is 10.9. The minimum Gasteiger partial charge on any atom is -0.497 e. The van der Waals surface area contributed by atoms with Crippen LogP contribution in [0, 0.1) is 5.82 Å². The fraction of sp³-hybridized carbons (Fsp3) is 0.333. The van der Waals surface area contributed by atoms with Crippen LogP contribution in [-0.2, 0) is 13.8 Å². The lowest BCUT2D eigenvalue weighted by Crippen LogP contribution is -2.50. The van der Waals surface area contributed by atoms with Crippen LogP contribution in [0.15, 0.2) is 64.3 Å². The molecule has 3 aromatic rings. The number of aliphatic hydroxyl groups excluding tert-OH is 1. The number of alkyl halides is 3. The molecule has 4 rings (SSSR count). The quantitative estimate of drug-likeness (QED) is 0.246. The Kier molecular flexibility index (Phi) is 8.77. The third-order valence-corrected chi connectivity index (χ3v) is 7.28. The predicted octanol–water partition coefficient (Wildman–Crippen LogP) is 3.21. The number of nitrogens with one attached hydrogen (secondary N) is 1. The molecule has 1 aliphatic heterocycles. The van der Waals surface area contributed by atoms with Gasteiger partial charge in [0.05, 0.1) is 27.0 Å². The molecule has 1 fully saturated rings. The number of ether oxygens (including phenoxy) is 3. The zero-order chi connectivity index (χ0) is 29.9. The van der Waals surface area contributed by atoms with Crippen molar-refractivity contribution in [2.24, 2.45) is 0 Å². The standard InChI is InChI=1S/C24H23F4N2O10P/c1-35-13-3-7-15(8-4-13)39-41(34,40-16-9-5-14(36-2)6-10-16)37-12-24(22(27)28)19(26)18(31)21(38-24)30-11-17(25)20(32)29-23(30)33/h3-11,18-19,21-22,31H,12H2,1-2H3,(H,29,32,33). The molecule has 222 valence electrons. The third-order valence-electron chi connectivity index (χ3n) is 5.97. The number of benzene rings is 2. The van der Waals surface area contributed by atoms with E-state index in [4.69, 9.17) is 27.8 Å². The van der Waals surface area contributed by atoms with Crippen molar-refractivity contribution in [2.75, 3.05) is 20.8 Å². The zero-order valence-corrected chi connectivity index (χ0v) is 22.1. The Labute approximate surface area is 228 Å². The van der Waals surface area contributed by atoms with Gasteiger partial charge in [-0.2, -0.15) is 4.39 Å². The molecular formula is C24H23F4N2O10P. The minimum atomic E-state index is -4.93. The second kappa shape index (κ2) is 11.9. The number of halogens is 4. The molecule has 4 atom stereocenters. The van der Waals surface area contributed by atoms with Gasteiger partial charge < -0.3 is 28.4 Å². The summed E-state index contributed by atoms with van der Waals surface area (Å²) in [5.74, 6) is -0.979. The summed E-state index contributed by atoms with van der Waals surface area (Å²) in [6.45, 7) is -1.54. The van der Waals surface area contributed by atoms with Crippen molar-refractivity contribution in [1.82, 2.24) is 9.55 Å². The van der Waals surface area contributed by atoms with Gasteiger partial charge in [-0.25, -0.2) is 22.5 Å². The van der Waals surface area contributed by atoms with Crippen molar-refractivity contribution in [1.29, 1.82) is 0 Å². The van der Waals surface area contributed by atoms with Gasteiger partial charge in [-0.1, -0.05) is 0 Å². The Morgan fingerprint density at radius 1 is 1.00 bits per heavy atom. The van der Waals surface area contributed by atoms with Gasteiger partial charge in [-0.3, -0.25) is 18.9 Å². The lowest BCUT2D eigenvalue weighted by molar-refractivity contribution is -0.184. The lowest BCUT2D eigenvalue weighted by Gasteiger charge is -2.30. The first-order chi connectivity index (χ1) is 19.4. The number of nitrogens with zero attached hydrogens (tertiary/aromatic N) is 1. The van der Waals surface area contributed by atoms with Crippen LogP contribution in [0.5, 0.6) is 23.0 Å². The van der Waals surface area contributed by atoms with Gasteiger partial charge in [0.15, 0.2) is 18.0 Å². The lowest BCUT2D eigenvalue weighted by atomic mass is 9.98. The molecule has 4 unspecified atom stereocenters. The number of phosphoric ester groups is 1. The smallest absolute Gasteiger partial charge is 0.497 e. The van der Waals surface area contributed by atoms with E-state index in [2.05, 4.69) is 0 Å². The molecule has 2 aromatic carbocycles. The van der Waals surface area contributed by atoms with E-state index in [9.17, 15) is 32.4 Å². The topological polar surface area (TPSA) is 148 Å². The van der Waals surface area contributed by atoms with E-state index in [-0.39, 0.29) is 22.3 Å². The number of phosphoric acid groups is 1. The van der Waals surface area contributed by atoms with E-state index >= 15 is 4.39 Å². The highest BCUT2D eigenvalue weighted by Crippen LogP contribution is 2.53. The van der Waals surface area contributed by atoms with E-state index in [0.717, 1.165) is 0 Å². The van der Waals surface area contributed by atoms with Crippen molar-refractivity contribution >= 4 is 7.82 Å². The summed E-state index contributed by atoms with van der Waals surface area (Å²) < 4.78 is 103. The Morgan fingerprint density at radius 3 is 1.95 bits per heavy atom. The highest BCUT2D eigenvalue weighted by Gasteiger charge is 2.63. The highest BCUT2D eigenvalue weighted by molar-refractivity contribution is 7.49. The SMILES string of the molecule is COc1ccc(OP(=O)(OCC2(C(F)F)OC(n3cc(F)c(=O)[nH]c3=O)C(O)C2F)Oc2ccc(OC)cc2)cc1. The van der Waals surface area contributed by atoms with E-state index < -0.39 is 62.0 Å². The molecule has 12 nitrogen and oxygen atoms in total. The van der Waals surface area contributed by atoms with E-state index in [0.29, 0.717) is 11.5 Å². The second-order valence-electron chi connectivity index (χ2n) is 8.55. The summed E-state index contributed by atoms with van der Waals surface area (Å²) in [7, 11) is -2.14. The molecule has 2 N–H and O–H groups in total. The van der Waals surface area contributed by atoms with Gasteiger partial charge >= 0.3 is 13.5 Å². The van der Waals surface area contributed by atoms with Crippen LogP contribution in [0.4, 0.5) is 17.6 Å². The molecule has 0 aliphatic carbocycles. The van der Waals surface area contributed by atoms with Crippen molar-refractivity contribution in [3.63, 3.8) is 0 Å². The summed E-state index contributed by atoms with van der Waals surface area (Å²) >= 11 is 0. The van der Waals surface area contributed by atoms with Crippen LogP contribution in [-0.4, -0.2) is 59.8 Å². The van der Waals surface area contributed by atoms with Gasteiger partial charge in [-0.05, 0) is 48.5 Å². The molecule has 0 spiro atoms. The maximum absolute atomic E-state index is 15.3. The number of aliphatic hydroxyl groups is 1. The number of aromatic amines is 1. The van der Waals surface area contributed by atoms with Crippen LogP contribution < -0.4 is 29.8 Å². The Bertz CT molecular complexity index is 1470. The molecule has 0 bridgehead atoms. The van der Waals surface area contributed by atoms with Gasteiger partial charge in [0.1, 0.15) is 29.1 Å².